The van der Waals surface area contributed by atoms with Gasteiger partial charge in [-0.2, -0.15) is 0 Å². The second-order valence-electron chi connectivity index (χ2n) is 4.10. The van der Waals surface area contributed by atoms with E-state index in [2.05, 4.69) is 10.2 Å². The smallest absolute Gasteiger partial charge is 0.309 e. The van der Waals surface area contributed by atoms with Crippen molar-refractivity contribution in [2.45, 2.75) is 18.9 Å². The van der Waals surface area contributed by atoms with Crippen LogP contribution in [0.5, 0.6) is 0 Å². The molecule has 0 bridgehead atoms. The Balaban J connectivity index is 1.99. The fraction of sp³-hybridized carbons (Fsp3) is 0.800. The highest BCUT2D eigenvalue weighted by Crippen LogP contribution is 2.24. The SMILES string of the molecule is COC(=O)[C@@H]1CC[C@@H]2C(=O)NCCN2C1. The minimum atomic E-state index is -0.153. The molecule has 2 rings (SSSR count). The zero-order chi connectivity index (χ0) is 10.8. The lowest BCUT2D eigenvalue weighted by Crippen LogP contribution is -2.59. The number of rotatable bonds is 1. The van der Waals surface area contributed by atoms with Crippen molar-refractivity contribution >= 4 is 11.9 Å². The van der Waals surface area contributed by atoms with Crippen LogP contribution in [0.25, 0.3) is 0 Å². The van der Waals surface area contributed by atoms with E-state index in [1.807, 2.05) is 0 Å². The Morgan fingerprint density at radius 1 is 1.53 bits per heavy atom. The standard InChI is InChI=1S/C10H16N2O3/c1-15-10(14)7-2-3-8-9(13)11-4-5-12(8)6-7/h7-8H,2-6H2,1H3,(H,11,13)/t7-,8-/m1/s1. The Morgan fingerprint density at radius 2 is 2.33 bits per heavy atom. The van der Waals surface area contributed by atoms with Gasteiger partial charge < -0.3 is 10.1 Å². The molecule has 15 heavy (non-hydrogen) atoms. The lowest BCUT2D eigenvalue weighted by atomic mass is 9.91. The maximum absolute atomic E-state index is 11.5. The zero-order valence-corrected chi connectivity index (χ0v) is 8.86. The summed E-state index contributed by atoms with van der Waals surface area (Å²) >= 11 is 0. The highest BCUT2D eigenvalue weighted by molar-refractivity contribution is 5.83. The van der Waals surface area contributed by atoms with Crippen molar-refractivity contribution in [1.82, 2.24) is 10.2 Å². The third-order valence-corrected chi connectivity index (χ3v) is 3.22. The summed E-state index contributed by atoms with van der Waals surface area (Å²) in [7, 11) is 1.41. The Kier molecular flexibility index (Phi) is 2.90. The molecule has 0 spiro atoms. The molecule has 1 N–H and O–H groups in total. The molecule has 1 amide bonds. The monoisotopic (exact) mass is 212 g/mol. The number of hydrogen-bond donors (Lipinski definition) is 1. The molecule has 2 atom stereocenters. The predicted octanol–water partition coefficient (Wildman–Crippen LogP) is -0.630. The Morgan fingerprint density at radius 3 is 3.07 bits per heavy atom. The van der Waals surface area contributed by atoms with Crippen LogP contribution in [0.4, 0.5) is 0 Å². The second kappa shape index (κ2) is 4.18. The minimum Gasteiger partial charge on any atom is -0.469 e. The van der Waals surface area contributed by atoms with Gasteiger partial charge in [0, 0.05) is 19.6 Å². The third kappa shape index (κ3) is 1.97. The number of piperidine rings is 1. The quantitative estimate of drug-likeness (QED) is 0.588. The molecule has 2 heterocycles. The summed E-state index contributed by atoms with van der Waals surface area (Å²) in [5.41, 5.74) is 0. The number of fused-ring (bicyclic) bond motifs is 1. The van der Waals surface area contributed by atoms with E-state index in [0.717, 1.165) is 19.4 Å². The van der Waals surface area contributed by atoms with Gasteiger partial charge in [0.15, 0.2) is 0 Å². The van der Waals surface area contributed by atoms with Crippen LogP contribution in [0.15, 0.2) is 0 Å². The first-order valence-corrected chi connectivity index (χ1v) is 5.32. The van der Waals surface area contributed by atoms with E-state index in [1.54, 1.807) is 0 Å². The van der Waals surface area contributed by atoms with Gasteiger partial charge >= 0.3 is 5.97 Å². The average molecular weight is 212 g/mol. The minimum absolute atomic E-state index is 0.0281. The molecule has 2 aliphatic heterocycles. The maximum Gasteiger partial charge on any atom is 0.309 e. The van der Waals surface area contributed by atoms with Crippen molar-refractivity contribution in [3.63, 3.8) is 0 Å². The Hall–Kier alpha value is -1.10. The highest BCUT2D eigenvalue weighted by atomic mass is 16.5. The average Bonchev–Trinajstić information content (AvgIpc) is 2.28. The van der Waals surface area contributed by atoms with Crippen LogP contribution >= 0.6 is 0 Å². The number of nitrogens with one attached hydrogen (secondary N) is 1. The number of carbonyl (C=O) groups is 2. The molecule has 0 aromatic heterocycles. The first-order chi connectivity index (χ1) is 7.22. The molecule has 0 saturated carbocycles. The van der Waals surface area contributed by atoms with Gasteiger partial charge in [-0.1, -0.05) is 0 Å². The van der Waals surface area contributed by atoms with Crippen LogP contribution in [0, 0.1) is 5.92 Å². The van der Waals surface area contributed by atoms with Crippen LogP contribution < -0.4 is 5.32 Å². The molecule has 84 valence electrons. The van der Waals surface area contributed by atoms with Crippen LogP contribution in [-0.2, 0) is 14.3 Å². The number of amides is 1. The number of piperazine rings is 1. The van der Waals surface area contributed by atoms with Crippen LogP contribution in [0.2, 0.25) is 0 Å². The molecule has 0 aliphatic carbocycles. The molecule has 5 nitrogen and oxygen atoms in total. The van der Waals surface area contributed by atoms with Gasteiger partial charge in [0.1, 0.15) is 0 Å². The van der Waals surface area contributed by atoms with Crippen molar-refractivity contribution in [1.29, 1.82) is 0 Å². The second-order valence-corrected chi connectivity index (χ2v) is 4.10. The fourth-order valence-electron chi connectivity index (χ4n) is 2.39. The first kappa shape index (κ1) is 10.4. The van der Waals surface area contributed by atoms with Crippen molar-refractivity contribution in [2.75, 3.05) is 26.7 Å². The Bertz CT molecular complexity index is 280. The van der Waals surface area contributed by atoms with Crippen molar-refractivity contribution in [2.24, 2.45) is 5.92 Å². The molecule has 5 heteroatoms. The van der Waals surface area contributed by atoms with Gasteiger partial charge in [-0.05, 0) is 12.8 Å². The highest BCUT2D eigenvalue weighted by Gasteiger charge is 2.37. The molecule has 2 saturated heterocycles. The van der Waals surface area contributed by atoms with Gasteiger partial charge in [0.25, 0.3) is 0 Å². The summed E-state index contributed by atoms with van der Waals surface area (Å²) in [6, 6.07) is -0.0281. The van der Waals surface area contributed by atoms with E-state index >= 15 is 0 Å². The summed E-state index contributed by atoms with van der Waals surface area (Å²) in [6.45, 7) is 2.18. The van der Waals surface area contributed by atoms with E-state index in [-0.39, 0.29) is 23.8 Å². The fourth-order valence-corrected chi connectivity index (χ4v) is 2.39. The lowest BCUT2D eigenvalue weighted by Gasteiger charge is -2.40. The largest absolute Gasteiger partial charge is 0.469 e. The normalized spacial score (nSPS) is 31.7. The predicted molar refractivity (Wildman–Crippen MR) is 53.1 cm³/mol. The summed E-state index contributed by atoms with van der Waals surface area (Å²) in [4.78, 5) is 25.0. The van der Waals surface area contributed by atoms with E-state index in [1.165, 1.54) is 7.11 Å². The summed E-state index contributed by atoms with van der Waals surface area (Å²) in [5.74, 6) is -0.110. The van der Waals surface area contributed by atoms with Crippen LogP contribution in [0.1, 0.15) is 12.8 Å². The van der Waals surface area contributed by atoms with Gasteiger partial charge in [0.2, 0.25) is 5.91 Å². The number of carbonyl (C=O) groups excluding carboxylic acids is 2. The summed E-state index contributed by atoms with van der Waals surface area (Å²) in [5, 5.41) is 2.84. The van der Waals surface area contributed by atoms with Crippen LogP contribution in [0.3, 0.4) is 0 Å². The lowest BCUT2D eigenvalue weighted by molar-refractivity contribution is -0.150. The van der Waals surface area contributed by atoms with Crippen molar-refractivity contribution in [3.8, 4) is 0 Å². The van der Waals surface area contributed by atoms with Crippen molar-refractivity contribution in [3.05, 3.63) is 0 Å². The van der Waals surface area contributed by atoms with E-state index in [9.17, 15) is 9.59 Å². The summed E-state index contributed by atoms with van der Waals surface area (Å²) in [6.07, 6.45) is 1.51. The first-order valence-electron chi connectivity index (χ1n) is 5.32. The number of hydrogen-bond acceptors (Lipinski definition) is 4. The molecular weight excluding hydrogens is 196 g/mol. The van der Waals surface area contributed by atoms with Gasteiger partial charge in [-0.15, -0.1) is 0 Å². The van der Waals surface area contributed by atoms with Gasteiger partial charge in [-0.3, -0.25) is 14.5 Å². The number of nitrogens with zero attached hydrogens (tertiary/aromatic N) is 1. The third-order valence-electron chi connectivity index (χ3n) is 3.22. The molecule has 0 radical (unpaired) electrons. The summed E-state index contributed by atoms with van der Waals surface area (Å²) < 4.78 is 4.73. The Labute approximate surface area is 88.8 Å². The van der Waals surface area contributed by atoms with E-state index in [0.29, 0.717) is 13.1 Å². The number of ether oxygens (including phenoxy) is 1. The molecular formula is C10H16N2O3. The number of esters is 1. The topological polar surface area (TPSA) is 58.6 Å². The van der Waals surface area contributed by atoms with Crippen molar-refractivity contribution < 1.29 is 14.3 Å². The van der Waals surface area contributed by atoms with E-state index < -0.39 is 0 Å². The van der Waals surface area contributed by atoms with Crippen LogP contribution in [-0.4, -0.2) is 49.6 Å². The van der Waals surface area contributed by atoms with Gasteiger partial charge in [-0.25, -0.2) is 0 Å². The molecule has 2 fully saturated rings. The maximum atomic E-state index is 11.5. The van der Waals surface area contributed by atoms with Gasteiger partial charge in [0.05, 0.1) is 19.1 Å². The molecule has 0 aromatic rings. The van der Waals surface area contributed by atoms with E-state index in [4.69, 9.17) is 4.74 Å². The zero-order valence-electron chi connectivity index (χ0n) is 8.86. The molecule has 0 aromatic carbocycles. The number of methoxy groups -OCH3 is 1. The molecule has 0 unspecified atom stereocenters. The molecule has 2 aliphatic rings.